The molecule has 4 aromatic rings. The number of carbonyl (C=O) groups is 4. The summed E-state index contributed by atoms with van der Waals surface area (Å²) in [4.78, 5) is 61.9. The largest absolute Gasteiger partial charge is 0.382 e. The van der Waals surface area contributed by atoms with Crippen molar-refractivity contribution in [1.29, 1.82) is 0 Å². The number of hydrogen-bond acceptors (Lipinski definition) is 15. The maximum Gasteiger partial charge on any atom is 0.255 e. The van der Waals surface area contributed by atoms with Crippen molar-refractivity contribution in [3.63, 3.8) is 0 Å². The number of carbonyl (C=O) groups excluding carboxylic acids is 4. The second-order valence-corrected chi connectivity index (χ2v) is 18.2. The number of anilines is 2. The van der Waals surface area contributed by atoms with Crippen LogP contribution in [-0.2, 0) is 49.1 Å². The van der Waals surface area contributed by atoms with Gasteiger partial charge in [-0.3, -0.25) is 24.2 Å². The molecule has 1 unspecified atom stereocenters. The molecule has 0 bridgehead atoms. The van der Waals surface area contributed by atoms with Gasteiger partial charge in [0.15, 0.2) is 0 Å². The molecule has 1 aliphatic rings. The first kappa shape index (κ1) is 62.0. The van der Waals surface area contributed by atoms with Crippen molar-refractivity contribution in [2.24, 2.45) is 0 Å². The van der Waals surface area contributed by atoms with Gasteiger partial charge in [-0.2, -0.15) is 0 Å². The molecule has 1 aliphatic carbocycles. The lowest BCUT2D eigenvalue weighted by atomic mass is 9.87. The van der Waals surface area contributed by atoms with E-state index in [1.165, 1.54) is 5.56 Å². The summed E-state index contributed by atoms with van der Waals surface area (Å²) in [7, 11) is 3.36. The fourth-order valence-electron chi connectivity index (χ4n) is 8.44. The first-order valence-corrected chi connectivity index (χ1v) is 27.1. The maximum atomic E-state index is 13.9. The highest BCUT2D eigenvalue weighted by Crippen LogP contribution is 2.33. The van der Waals surface area contributed by atoms with Gasteiger partial charge in [0.05, 0.1) is 117 Å². The fourth-order valence-corrected chi connectivity index (χ4v) is 8.44. The number of aromatic nitrogens is 1. The van der Waals surface area contributed by atoms with Crippen molar-refractivity contribution in [2.75, 3.05) is 163 Å². The predicted molar refractivity (Wildman–Crippen MR) is 297 cm³/mol. The molecule has 0 saturated heterocycles. The van der Waals surface area contributed by atoms with Crippen molar-refractivity contribution < 1.29 is 57.1 Å². The average molecular weight is 1070 g/mol. The molecule has 1 aromatic heterocycles. The number of ether oxygens (including phenoxy) is 8. The molecule has 77 heavy (non-hydrogen) atoms. The third-order valence-electron chi connectivity index (χ3n) is 12.7. The predicted octanol–water partition coefficient (Wildman–Crippen LogP) is 5.98. The summed E-state index contributed by atoms with van der Waals surface area (Å²) in [5.74, 6) is -0.880. The number of likely N-dealkylation sites (N-methyl/N-ethyl adjacent to an activating group) is 1. The van der Waals surface area contributed by atoms with Gasteiger partial charge >= 0.3 is 0 Å². The van der Waals surface area contributed by atoms with Gasteiger partial charge in [-0.05, 0) is 106 Å². The SMILES string of the molecule is CCN(CC)c1ccc(NC(=O)c2cccc(C(=O)N(C)CCNCCCNC(=O)CCOCCOCCOCCOCCOCCOCCOCCOC)c2)c(-c2cc(C(=O)NC3CCCc4ccccc43)ccn2)c1. The summed E-state index contributed by atoms with van der Waals surface area (Å²) < 4.78 is 43.2. The lowest BCUT2D eigenvalue weighted by Crippen LogP contribution is -2.35. The van der Waals surface area contributed by atoms with E-state index in [9.17, 15) is 19.2 Å². The summed E-state index contributed by atoms with van der Waals surface area (Å²) in [5, 5.41) is 12.6. The van der Waals surface area contributed by atoms with Gasteiger partial charge in [0.2, 0.25) is 5.91 Å². The Balaban J connectivity index is 0.926. The third-order valence-corrected chi connectivity index (χ3v) is 12.7. The highest BCUT2D eigenvalue weighted by molar-refractivity contribution is 6.08. The van der Waals surface area contributed by atoms with Gasteiger partial charge in [-0.1, -0.05) is 30.3 Å². The minimum Gasteiger partial charge on any atom is -0.382 e. The molecule has 4 N–H and O–H groups in total. The van der Waals surface area contributed by atoms with Gasteiger partial charge in [-0.25, -0.2) is 0 Å². The van der Waals surface area contributed by atoms with Crippen LogP contribution in [0.25, 0.3) is 11.3 Å². The van der Waals surface area contributed by atoms with Crippen LogP contribution in [0.5, 0.6) is 0 Å². The Hall–Kier alpha value is -5.87. The summed E-state index contributed by atoms with van der Waals surface area (Å²) in [5.41, 5.74) is 6.29. The zero-order chi connectivity index (χ0) is 54.7. The monoisotopic (exact) mass is 1070 g/mol. The minimum atomic E-state index is -0.388. The first-order valence-electron chi connectivity index (χ1n) is 27.1. The highest BCUT2D eigenvalue weighted by atomic mass is 16.6. The van der Waals surface area contributed by atoms with Gasteiger partial charge in [0.1, 0.15) is 0 Å². The van der Waals surface area contributed by atoms with Crippen LogP contribution >= 0.6 is 0 Å². The first-order chi connectivity index (χ1) is 37.7. The van der Waals surface area contributed by atoms with Crippen molar-refractivity contribution in [3.05, 3.63) is 113 Å². The molecule has 0 spiro atoms. The average Bonchev–Trinajstić information content (AvgIpc) is 3.46. The Morgan fingerprint density at radius 2 is 1.25 bits per heavy atom. The summed E-state index contributed by atoms with van der Waals surface area (Å²) in [6, 6.07) is 24.1. The highest BCUT2D eigenvalue weighted by Gasteiger charge is 2.23. The summed E-state index contributed by atoms with van der Waals surface area (Å²) in [6.45, 7) is 15.0. The molecular formula is C58H83N7O12. The number of nitrogens with one attached hydrogen (secondary N) is 4. The molecule has 5 rings (SSSR count). The van der Waals surface area contributed by atoms with Crippen LogP contribution in [0, 0.1) is 0 Å². The zero-order valence-electron chi connectivity index (χ0n) is 45.8. The fraction of sp³-hybridized carbons (Fsp3) is 0.534. The third kappa shape index (κ3) is 22.9. The van der Waals surface area contributed by atoms with Crippen LogP contribution < -0.4 is 26.2 Å². The smallest absolute Gasteiger partial charge is 0.255 e. The molecule has 0 radical (unpaired) electrons. The minimum absolute atomic E-state index is 0.0753. The van der Waals surface area contributed by atoms with E-state index < -0.39 is 0 Å². The second-order valence-electron chi connectivity index (χ2n) is 18.2. The number of nitrogens with zero attached hydrogens (tertiary/aromatic N) is 3. The number of amides is 4. The Labute approximate surface area is 455 Å². The summed E-state index contributed by atoms with van der Waals surface area (Å²) in [6.07, 6.45) is 5.47. The maximum absolute atomic E-state index is 13.9. The lowest BCUT2D eigenvalue weighted by molar-refractivity contribution is -0.122. The molecular weight excluding hydrogens is 987 g/mol. The standard InChI is InChI=1S/C58H83N7O12/c1-5-65(6-2)49-18-19-53(51(44-49)54-43-47(20-24-60-54)57(68)62-52-17-10-13-45-12-7-8-16-50(45)52)63-56(67)46-14-9-15-48(42-46)58(69)64(3)26-25-59-22-11-23-61-55(66)21-27-71-30-31-73-34-35-75-38-39-77-41-40-76-37-36-74-33-32-72-29-28-70-4/h7-9,12,14-16,18-20,24,42-44,52,59H,5-6,10-11,13,17,21-23,25-41H2,1-4H3,(H,61,66)(H,62,68)(H,63,67). The van der Waals surface area contributed by atoms with E-state index in [1.807, 2.05) is 30.3 Å². The van der Waals surface area contributed by atoms with E-state index in [4.69, 9.17) is 37.9 Å². The van der Waals surface area contributed by atoms with E-state index in [1.54, 1.807) is 61.7 Å². The number of benzene rings is 3. The van der Waals surface area contributed by atoms with Crippen molar-refractivity contribution >= 4 is 35.0 Å². The molecule has 4 amide bonds. The second kappa shape index (κ2) is 37.0. The Bertz CT molecular complexity index is 2350. The molecule has 3 aromatic carbocycles. The molecule has 0 fully saturated rings. The van der Waals surface area contributed by atoms with Crippen LogP contribution in [0.2, 0.25) is 0 Å². The zero-order valence-corrected chi connectivity index (χ0v) is 45.8. The Morgan fingerprint density at radius 1 is 0.636 bits per heavy atom. The van der Waals surface area contributed by atoms with Crippen LogP contribution in [-0.4, -0.2) is 186 Å². The van der Waals surface area contributed by atoms with Gasteiger partial charge < -0.3 is 69.0 Å². The number of hydrogen-bond donors (Lipinski definition) is 4. The number of aryl methyl sites for hydroxylation is 1. The molecule has 0 aliphatic heterocycles. The molecule has 19 nitrogen and oxygen atoms in total. The molecule has 1 heterocycles. The number of fused-ring (bicyclic) bond motifs is 1. The number of rotatable bonds is 40. The normalized spacial score (nSPS) is 13.0. The Kier molecular flexibility index (Phi) is 29.8. The number of pyridine rings is 1. The summed E-state index contributed by atoms with van der Waals surface area (Å²) >= 11 is 0. The van der Waals surface area contributed by atoms with Crippen molar-refractivity contribution in [3.8, 4) is 11.3 Å². The lowest BCUT2D eigenvalue weighted by Gasteiger charge is -2.26. The number of methoxy groups -OCH3 is 1. The van der Waals surface area contributed by atoms with Crippen LogP contribution in [0.4, 0.5) is 11.4 Å². The van der Waals surface area contributed by atoms with Crippen LogP contribution in [0.3, 0.4) is 0 Å². The van der Waals surface area contributed by atoms with E-state index in [-0.39, 0.29) is 36.1 Å². The molecule has 422 valence electrons. The van der Waals surface area contributed by atoms with Gasteiger partial charge in [0, 0.05) is 87.4 Å². The quantitative estimate of drug-likeness (QED) is 0.0378. The van der Waals surface area contributed by atoms with E-state index in [0.29, 0.717) is 165 Å². The van der Waals surface area contributed by atoms with E-state index >= 15 is 0 Å². The van der Waals surface area contributed by atoms with Gasteiger partial charge in [-0.15, -0.1) is 0 Å². The van der Waals surface area contributed by atoms with Crippen molar-refractivity contribution in [2.45, 2.75) is 52.0 Å². The topological polar surface area (TPSA) is 210 Å². The van der Waals surface area contributed by atoms with Crippen LogP contribution in [0.1, 0.15) is 87.8 Å². The Morgan fingerprint density at radius 3 is 1.90 bits per heavy atom. The van der Waals surface area contributed by atoms with Gasteiger partial charge in [0.25, 0.3) is 17.7 Å². The van der Waals surface area contributed by atoms with E-state index in [0.717, 1.165) is 43.6 Å². The van der Waals surface area contributed by atoms with Crippen LogP contribution in [0.15, 0.2) is 85.1 Å². The van der Waals surface area contributed by atoms with E-state index in [2.05, 4.69) is 57.1 Å². The molecule has 1 atom stereocenters. The molecule has 0 saturated carbocycles. The van der Waals surface area contributed by atoms with Crippen molar-refractivity contribution in [1.82, 2.24) is 25.8 Å². The molecule has 19 heteroatoms.